The second-order valence-corrected chi connectivity index (χ2v) is 9.61. The summed E-state index contributed by atoms with van der Waals surface area (Å²) in [6, 6.07) is 24.1. The molecule has 4 rings (SSSR count). The number of pyridine rings is 1. The predicted octanol–water partition coefficient (Wildman–Crippen LogP) is 5.32. The van der Waals surface area contributed by atoms with E-state index in [1.807, 2.05) is 60.7 Å². The molecule has 174 valence electrons. The molecule has 0 bridgehead atoms. The Hall–Kier alpha value is -3.84. The number of hydrogen-bond acceptors (Lipinski definition) is 6. The Morgan fingerprint density at radius 1 is 0.735 bits per heavy atom. The number of sulfone groups is 1. The van der Waals surface area contributed by atoms with Crippen molar-refractivity contribution in [3.63, 3.8) is 0 Å². The van der Waals surface area contributed by atoms with Crippen molar-refractivity contribution in [1.29, 1.82) is 0 Å². The van der Waals surface area contributed by atoms with Crippen LogP contribution < -0.4 is 14.2 Å². The van der Waals surface area contributed by atoms with Gasteiger partial charge in [-0.1, -0.05) is 42.5 Å². The molecule has 0 saturated carbocycles. The summed E-state index contributed by atoms with van der Waals surface area (Å²) in [5, 5.41) is 0. The third-order valence-electron chi connectivity index (χ3n) is 5.29. The van der Waals surface area contributed by atoms with Gasteiger partial charge in [0, 0.05) is 24.0 Å². The van der Waals surface area contributed by atoms with E-state index in [2.05, 4.69) is 4.98 Å². The fourth-order valence-corrected chi connectivity index (χ4v) is 5.03. The lowest BCUT2D eigenvalue weighted by Crippen LogP contribution is -2.07. The number of benzene rings is 3. The Morgan fingerprint density at radius 3 is 2.21 bits per heavy atom. The minimum Gasteiger partial charge on any atom is -0.497 e. The highest BCUT2D eigenvalue weighted by molar-refractivity contribution is 7.90. The van der Waals surface area contributed by atoms with Crippen LogP contribution >= 0.6 is 0 Å². The largest absolute Gasteiger partial charge is 0.497 e. The van der Waals surface area contributed by atoms with E-state index in [1.165, 1.54) is 20.3 Å². The standard InChI is InChI=1S/C27H25NO5S/c1-31-25-12-13-26(32-2)27(15-25)34(29,30)19-21-14-23(17-28-16-21)22-10-8-20(9-11-22)18-33-24-6-4-3-5-7-24/h3-17H,18-19H2,1-2H3. The van der Waals surface area contributed by atoms with Gasteiger partial charge >= 0.3 is 0 Å². The molecule has 0 aliphatic carbocycles. The van der Waals surface area contributed by atoms with Crippen LogP contribution in [0.5, 0.6) is 17.2 Å². The van der Waals surface area contributed by atoms with E-state index in [1.54, 1.807) is 24.5 Å². The predicted molar refractivity (Wildman–Crippen MR) is 131 cm³/mol. The quantitative estimate of drug-likeness (QED) is 0.326. The Balaban J connectivity index is 1.51. The van der Waals surface area contributed by atoms with Crippen molar-refractivity contribution in [3.8, 4) is 28.4 Å². The van der Waals surface area contributed by atoms with Gasteiger partial charge in [-0.2, -0.15) is 0 Å². The number of para-hydroxylation sites is 1. The fourth-order valence-electron chi connectivity index (χ4n) is 3.53. The molecule has 0 amide bonds. The van der Waals surface area contributed by atoms with Crippen LogP contribution in [-0.2, 0) is 22.2 Å². The van der Waals surface area contributed by atoms with Gasteiger partial charge in [-0.15, -0.1) is 0 Å². The van der Waals surface area contributed by atoms with Gasteiger partial charge < -0.3 is 14.2 Å². The van der Waals surface area contributed by atoms with Gasteiger partial charge in [-0.25, -0.2) is 8.42 Å². The van der Waals surface area contributed by atoms with Crippen molar-refractivity contribution < 1.29 is 22.6 Å². The molecule has 0 aliphatic heterocycles. The number of methoxy groups -OCH3 is 2. The second kappa shape index (κ2) is 10.4. The summed E-state index contributed by atoms with van der Waals surface area (Å²) in [6.07, 6.45) is 3.29. The van der Waals surface area contributed by atoms with E-state index >= 15 is 0 Å². The third kappa shape index (κ3) is 5.55. The molecular formula is C27H25NO5S. The molecule has 1 aromatic heterocycles. The molecule has 0 spiro atoms. The van der Waals surface area contributed by atoms with E-state index in [4.69, 9.17) is 14.2 Å². The smallest absolute Gasteiger partial charge is 0.186 e. The zero-order valence-electron chi connectivity index (χ0n) is 19.0. The maximum atomic E-state index is 13.2. The highest BCUT2D eigenvalue weighted by Crippen LogP contribution is 2.31. The van der Waals surface area contributed by atoms with Crippen molar-refractivity contribution in [2.45, 2.75) is 17.3 Å². The van der Waals surface area contributed by atoms with Gasteiger partial charge in [0.15, 0.2) is 9.84 Å². The molecule has 4 aromatic rings. The van der Waals surface area contributed by atoms with E-state index in [0.717, 1.165) is 22.4 Å². The number of nitrogens with zero attached hydrogens (tertiary/aromatic N) is 1. The van der Waals surface area contributed by atoms with Crippen LogP contribution in [0.3, 0.4) is 0 Å². The average Bonchev–Trinajstić information content (AvgIpc) is 2.88. The SMILES string of the molecule is COc1ccc(OC)c(S(=O)(=O)Cc2cncc(-c3ccc(COc4ccccc4)cc3)c2)c1. The first-order valence-electron chi connectivity index (χ1n) is 10.6. The first-order chi connectivity index (χ1) is 16.5. The maximum Gasteiger partial charge on any atom is 0.186 e. The minimum absolute atomic E-state index is 0.0857. The van der Waals surface area contributed by atoms with E-state index < -0.39 is 9.84 Å². The molecule has 34 heavy (non-hydrogen) atoms. The first kappa shape index (κ1) is 23.3. The molecule has 0 atom stereocenters. The lowest BCUT2D eigenvalue weighted by Gasteiger charge is -2.12. The molecule has 7 heteroatoms. The van der Waals surface area contributed by atoms with Crippen LogP contribution in [-0.4, -0.2) is 27.6 Å². The van der Waals surface area contributed by atoms with Gasteiger partial charge in [0.2, 0.25) is 0 Å². The van der Waals surface area contributed by atoms with Gasteiger partial charge in [-0.05, 0) is 47.0 Å². The van der Waals surface area contributed by atoms with Crippen LogP contribution in [0.25, 0.3) is 11.1 Å². The summed E-state index contributed by atoms with van der Waals surface area (Å²) in [7, 11) is -0.757. The molecule has 0 unspecified atom stereocenters. The zero-order chi connectivity index (χ0) is 24.0. The van der Waals surface area contributed by atoms with Crippen molar-refractivity contribution in [1.82, 2.24) is 4.98 Å². The van der Waals surface area contributed by atoms with Gasteiger partial charge in [0.05, 0.1) is 20.0 Å². The molecule has 0 fully saturated rings. The minimum atomic E-state index is -3.69. The van der Waals surface area contributed by atoms with Crippen LogP contribution in [0.15, 0.2) is 96.2 Å². The third-order valence-corrected chi connectivity index (χ3v) is 7.00. The first-order valence-corrected chi connectivity index (χ1v) is 12.3. The van der Waals surface area contributed by atoms with Gasteiger partial charge in [0.25, 0.3) is 0 Å². The van der Waals surface area contributed by atoms with Crippen LogP contribution in [0, 0.1) is 0 Å². The van der Waals surface area contributed by atoms with Crippen molar-refractivity contribution >= 4 is 9.84 Å². The Labute approximate surface area is 199 Å². The summed E-state index contributed by atoms with van der Waals surface area (Å²) in [4.78, 5) is 4.35. The normalized spacial score (nSPS) is 11.1. The van der Waals surface area contributed by atoms with Gasteiger partial charge in [-0.3, -0.25) is 4.98 Å². The lowest BCUT2D eigenvalue weighted by molar-refractivity contribution is 0.306. The van der Waals surface area contributed by atoms with Crippen LogP contribution in [0.1, 0.15) is 11.1 Å². The topological polar surface area (TPSA) is 74.7 Å². The molecule has 3 aromatic carbocycles. The summed E-state index contributed by atoms with van der Waals surface area (Å²) >= 11 is 0. The maximum absolute atomic E-state index is 13.2. The van der Waals surface area contributed by atoms with Crippen LogP contribution in [0.2, 0.25) is 0 Å². The molecule has 6 nitrogen and oxygen atoms in total. The number of aromatic nitrogens is 1. The van der Waals surface area contributed by atoms with Gasteiger partial charge in [0.1, 0.15) is 28.8 Å². The highest BCUT2D eigenvalue weighted by atomic mass is 32.2. The number of rotatable bonds is 9. The molecule has 0 saturated heterocycles. The molecule has 1 heterocycles. The summed E-state index contributed by atoms with van der Waals surface area (Å²) < 4.78 is 42.5. The molecule has 0 aliphatic rings. The summed E-state index contributed by atoms with van der Waals surface area (Å²) in [6.45, 7) is 0.462. The van der Waals surface area contributed by atoms with Crippen molar-refractivity contribution in [2.24, 2.45) is 0 Å². The Kier molecular flexibility index (Phi) is 7.13. The van der Waals surface area contributed by atoms with Crippen molar-refractivity contribution in [2.75, 3.05) is 14.2 Å². The summed E-state index contributed by atoms with van der Waals surface area (Å²) in [5.74, 6) is 1.33. The average molecular weight is 476 g/mol. The fraction of sp³-hybridized carbons (Fsp3) is 0.148. The summed E-state index contributed by atoms with van der Waals surface area (Å²) in [5.41, 5.74) is 3.39. The van der Waals surface area contributed by atoms with E-state index in [-0.39, 0.29) is 16.4 Å². The lowest BCUT2D eigenvalue weighted by atomic mass is 10.0. The van der Waals surface area contributed by atoms with E-state index in [9.17, 15) is 8.42 Å². The Bertz CT molecular complexity index is 1350. The van der Waals surface area contributed by atoms with E-state index in [0.29, 0.717) is 17.9 Å². The Morgan fingerprint density at radius 2 is 1.50 bits per heavy atom. The monoisotopic (exact) mass is 475 g/mol. The molecule has 0 N–H and O–H groups in total. The number of hydrogen-bond donors (Lipinski definition) is 0. The molecule has 0 radical (unpaired) electrons. The second-order valence-electron chi connectivity index (χ2n) is 7.66. The number of ether oxygens (including phenoxy) is 3. The van der Waals surface area contributed by atoms with Crippen molar-refractivity contribution in [3.05, 3.63) is 102 Å². The molecular weight excluding hydrogens is 450 g/mol. The zero-order valence-corrected chi connectivity index (χ0v) is 19.8. The van der Waals surface area contributed by atoms with Crippen LogP contribution in [0.4, 0.5) is 0 Å². The highest BCUT2D eigenvalue weighted by Gasteiger charge is 2.22.